The highest BCUT2D eigenvalue weighted by Gasteiger charge is 2.19. The van der Waals surface area contributed by atoms with Crippen LogP contribution in [0.15, 0.2) is 34.8 Å². The summed E-state index contributed by atoms with van der Waals surface area (Å²) in [6.45, 7) is 0. The van der Waals surface area contributed by atoms with E-state index in [2.05, 4.69) is 15.9 Å². The quantitative estimate of drug-likeness (QED) is 0.646. The standard InChI is InChI=1S/C14H9BrCl3FO/c15-9-5-4-7(14(19)13(9)18)12(20)6-8-10(16)2-1-3-11(8)17/h1-5,12,20H,6H2. The third kappa shape index (κ3) is 3.29. The Labute approximate surface area is 139 Å². The van der Waals surface area contributed by atoms with Gasteiger partial charge >= 0.3 is 0 Å². The zero-order valence-corrected chi connectivity index (χ0v) is 13.9. The molecule has 6 heteroatoms. The van der Waals surface area contributed by atoms with Gasteiger partial charge in [0.05, 0.1) is 11.1 Å². The van der Waals surface area contributed by atoms with Crippen molar-refractivity contribution in [1.82, 2.24) is 0 Å². The van der Waals surface area contributed by atoms with Crippen LogP contribution >= 0.6 is 50.7 Å². The number of benzene rings is 2. The molecule has 0 amide bonds. The minimum Gasteiger partial charge on any atom is -0.388 e. The molecule has 1 N–H and O–H groups in total. The molecule has 0 aromatic heterocycles. The van der Waals surface area contributed by atoms with Gasteiger partial charge in [0, 0.05) is 26.5 Å². The molecule has 2 rings (SSSR count). The molecule has 2 aromatic carbocycles. The summed E-state index contributed by atoms with van der Waals surface area (Å²) < 4.78 is 14.5. The predicted octanol–water partition coefficient (Wildman–Crippen LogP) is 5.82. The van der Waals surface area contributed by atoms with Crippen LogP contribution in [0.2, 0.25) is 15.1 Å². The number of aliphatic hydroxyl groups excluding tert-OH is 1. The van der Waals surface area contributed by atoms with Crippen LogP contribution in [0, 0.1) is 5.82 Å². The van der Waals surface area contributed by atoms with Gasteiger partial charge in [0.15, 0.2) is 0 Å². The molecule has 1 nitrogen and oxygen atoms in total. The van der Waals surface area contributed by atoms with Gasteiger partial charge in [-0.2, -0.15) is 0 Å². The van der Waals surface area contributed by atoms with Crippen LogP contribution in [0.4, 0.5) is 4.39 Å². The van der Waals surface area contributed by atoms with E-state index < -0.39 is 11.9 Å². The van der Waals surface area contributed by atoms with Crippen molar-refractivity contribution in [3.8, 4) is 0 Å². The van der Waals surface area contributed by atoms with Crippen molar-refractivity contribution in [2.75, 3.05) is 0 Å². The van der Waals surface area contributed by atoms with Crippen molar-refractivity contribution < 1.29 is 9.50 Å². The van der Waals surface area contributed by atoms with E-state index >= 15 is 0 Å². The van der Waals surface area contributed by atoms with E-state index in [0.717, 1.165) is 0 Å². The Balaban J connectivity index is 2.34. The molecule has 106 valence electrons. The highest BCUT2D eigenvalue weighted by Crippen LogP contribution is 2.34. The molecule has 0 saturated carbocycles. The van der Waals surface area contributed by atoms with E-state index in [9.17, 15) is 9.50 Å². The Bertz CT molecular complexity index is 628. The van der Waals surface area contributed by atoms with Crippen molar-refractivity contribution in [2.45, 2.75) is 12.5 Å². The fraction of sp³-hybridized carbons (Fsp3) is 0.143. The predicted molar refractivity (Wildman–Crippen MR) is 84.2 cm³/mol. The maximum absolute atomic E-state index is 14.0. The van der Waals surface area contributed by atoms with Crippen LogP contribution in [-0.2, 0) is 6.42 Å². The topological polar surface area (TPSA) is 20.2 Å². The van der Waals surface area contributed by atoms with Gasteiger partial charge in [-0.25, -0.2) is 4.39 Å². The lowest BCUT2D eigenvalue weighted by molar-refractivity contribution is 0.173. The fourth-order valence-electron chi connectivity index (χ4n) is 1.83. The lowest BCUT2D eigenvalue weighted by Gasteiger charge is -2.15. The van der Waals surface area contributed by atoms with Gasteiger partial charge in [0.2, 0.25) is 0 Å². The first kappa shape index (κ1) is 16.1. The Hall–Kier alpha value is -0.320. The molecular weight excluding hydrogens is 389 g/mol. The Kier molecular flexibility index (Phi) is 5.32. The summed E-state index contributed by atoms with van der Waals surface area (Å²) in [5, 5.41) is 11.0. The fourth-order valence-corrected chi connectivity index (χ4v) is 2.86. The molecule has 1 atom stereocenters. The smallest absolute Gasteiger partial charge is 0.148 e. The third-order valence-electron chi connectivity index (χ3n) is 2.88. The first-order chi connectivity index (χ1) is 9.41. The van der Waals surface area contributed by atoms with Crippen LogP contribution in [0.25, 0.3) is 0 Å². The normalized spacial score (nSPS) is 12.5. The van der Waals surface area contributed by atoms with Crippen molar-refractivity contribution >= 4 is 50.7 Å². The van der Waals surface area contributed by atoms with E-state index in [1.54, 1.807) is 24.3 Å². The number of halogens is 5. The van der Waals surface area contributed by atoms with Crippen LogP contribution in [0.5, 0.6) is 0 Å². The molecule has 0 spiro atoms. The maximum atomic E-state index is 14.0. The average Bonchev–Trinajstić information content (AvgIpc) is 2.40. The molecule has 0 aliphatic carbocycles. The van der Waals surface area contributed by atoms with Crippen LogP contribution in [0.3, 0.4) is 0 Å². The van der Waals surface area contributed by atoms with E-state index in [4.69, 9.17) is 34.8 Å². The van der Waals surface area contributed by atoms with Crippen LogP contribution in [0.1, 0.15) is 17.2 Å². The van der Waals surface area contributed by atoms with Crippen molar-refractivity contribution in [2.24, 2.45) is 0 Å². The van der Waals surface area contributed by atoms with Gasteiger partial charge in [0.25, 0.3) is 0 Å². The van der Waals surface area contributed by atoms with Gasteiger partial charge in [0.1, 0.15) is 5.82 Å². The summed E-state index contributed by atoms with van der Waals surface area (Å²) in [7, 11) is 0. The summed E-state index contributed by atoms with van der Waals surface area (Å²) in [4.78, 5) is 0. The van der Waals surface area contributed by atoms with E-state index in [-0.39, 0.29) is 17.0 Å². The largest absolute Gasteiger partial charge is 0.388 e. The van der Waals surface area contributed by atoms with E-state index in [1.807, 2.05) is 0 Å². The zero-order valence-electron chi connectivity index (χ0n) is 10.0. The van der Waals surface area contributed by atoms with Gasteiger partial charge in [-0.15, -0.1) is 0 Å². The lowest BCUT2D eigenvalue weighted by atomic mass is 10.0. The summed E-state index contributed by atoms with van der Waals surface area (Å²) in [6.07, 6.45) is -0.981. The monoisotopic (exact) mass is 396 g/mol. The summed E-state index contributed by atoms with van der Waals surface area (Å²) in [5.74, 6) is -0.656. The third-order valence-corrected chi connectivity index (χ3v) is 4.85. The van der Waals surface area contributed by atoms with Crippen LogP contribution in [-0.4, -0.2) is 5.11 Å². The molecule has 1 unspecified atom stereocenters. The molecule has 0 bridgehead atoms. The van der Waals surface area contributed by atoms with E-state index in [1.165, 1.54) is 6.07 Å². The highest BCUT2D eigenvalue weighted by atomic mass is 79.9. The molecule has 0 radical (unpaired) electrons. The van der Waals surface area contributed by atoms with Gasteiger partial charge < -0.3 is 5.11 Å². The maximum Gasteiger partial charge on any atom is 0.148 e. The Morgan fingerprint density at radius 1 is 1.10 bits per heavy atom. The molecular formula is C14H9BrCl3FO. The number of rotatable bonds is 3. The summed E-state index contributed by atoms with van der Waals surface area (Å²) >= 11 is 21.0. The summed E-state index contributed by atoms with van der Waals surface area (Å²) in [5.41, 5.74) is 0.677. The lowest BCUT2D eigenvalue weighted by Crippen LogP contribution is -2.06. The van der Waals surface area contributed by atoms with E-state index in [0.29, 0.717) is 20.1 Å². The van der Waals surface area contributed by atoms with Gasteiger partial charge in [-0.1, -0.05) is 46.9 Å². The number of hydrogen-bond acceptors (Lipinski definition) is 1. The van der Waals surface area contributed by atoms with Gasteiger partial charge in [-0.3, -0.25) is 0 Å². The molecule has 0 aliphatic rings. The number of aliphatic hydroxyl groups is 1. The zero-order chi connectivity index (χ0) is 14.9. The first-order valence-electron chi connectivity index (χ1n) is 5.66. The minimum atomic E-state index is -1.09. The number of hydrogen-bond donors (Lipinski definition) is 1. The second kappa shape index (κ2) is 6.63. The van der Waals surface area contributed by atoms with Crippen LogP contribution < -0.4 is 0 Å². The molecule has 0 fully saturated rings. The first-order valence-corrected chi connectivity index (χ1v) is 7.59. The van der Waals surface area contributed by atoms with Gasteiger partial charge in [-0.05, 0) is 39.7 Å². The highest BCUT2D eigenvalue weighted by molar-refractivity contribution is 9.10. The molecule has 0 aliphatic heterocycles. The molecule has 20 heavy (non-hydrogen) atoms. The molecule has 2 aromatic rings. The Morgan fingerprint density at radius 3 is 2.30 bits per heavy atom. The minimum absolute atomic E-state index is 0.0631. The molecule has 0 heterocycles. The summed E-state index contributed by atoms with van der Waals surface area (Å²) in [6, 6.07) is 8.09. The second-order valence-corrected chi connectivity index (χ2v) is 6.23. The second-order valence-electron chi connectivity index (χ2n) is 4.18. The van der Waals surface area contributed by atoms with Crippen molar-refractivity contribution in [3.05, 3.63) is 66.8 Å². The molecule has 0 saturated heterocycles. The van der Waals surface area contributed by atoms with Crippen molar-refractivity contribution in [1.29, 1.82) is 0 Å². The Morgan fingerprint density at radius 2 is 1.70 bits per heavy atom. The average molecular weight is 398 g/mol. The van der Waals surface area contributed by atoms with Crippen molar-refractivity contribution in [3.63, 3.8) is 0 Å². The SMILES string of the molecule is OC(Cc1c(Cl)cccc1Cl)c1ccc(Br)c(Cl)c1F.